The van der Waals surface area contributed by atoms with Gasteiger partial charge >= 0.3 is 21.6 Å². The highest BCUT2D eigenvalue weighted by atomic mass is 32.2. The van der Waals surface area contributed by atoms with Crippen molar-refractivity contribution in [3.63, 3.8) is 0 Å². The lowest BCUT2D eigenvalue weighted by Gasteiger charge is -2.39. The number of para-hydroxylation sites is 1. The van der Waals surface area contributed by atoms with Gasteiger partial charge in [0.15, 0.2) is 0 Å². The Hall–Kier alpha value is -1.81. The summed E-state index contributed by atoms with van der Waals surface area (Å²) in [7, 11) is -5.80. The number of esters is 1. The van der Waals surface area contributed by atoms with E-state index in [0.29, 0.717) is 25.9 Å². The molecule has 0 bridgehead atoms. The lowest BCUT2D eigenvalue weighted by atomic mass is 9.84. The Morgan fingerprint density at radius 2 is 1.71 bits per heavy atom. The molecule has 0 atom stereocenters. The lowest BCUT2D eigenvalue weighted by molar-refractivity contribution is -0.172. The average molecular weight is 423 g/mol. The fraction of sp³-hybridized carbons (Fsp3) is 0.611. The molecule has 1 aromatic carbocycles. The first kappa shape index (κ1) is 22.5. The van der Waals surface area contributed by atoms with Gasteiger partial charge in [-0.2, -0.15) is 21.6 Å². The molecule has 1 aliphatic rings. The maximum absolute atomic E-state index is 12.7. The molecule has 1 aromatic rings. The number of halogens is 3. The number of carbonyl (C=O) groups excluding carboxylic acids is 1. The van der Waals surface area contributed by atoms with Crippen molar-refractivity contribution in [1.29, 1.82) is 0 Å². The van der Waals surface area contributed by atoms with Crippen LogP contribution in [0.25, 0.3) is 0 Å². The van der Waals surface area contributed by atoms with Crippen molar-refractivity contribution < 1.29 is 35.3 Å². The standard InChI is InChI=1S/C18H24F3NO5S/c1-16(2,3)15(23)26-17(8-10-22-11-9-17)12-13-6-4-5-7-14(13)27-28(24,25)18(19,20)21/h4-7,22H,8-12H2,1-3H3. The van der Waals surface area contributed by atoms with Crippen molar-refractivity contribution in [2.75, 3.05) is 13.1 Å². The van der Waals surface area contributed by atoms with Crippen LogP contribution in [0.15, 0.2) is 24.3 Å². The van der Waals surface area contributed by atoms with Crippen LogP contribution in [0.5, 0.6) is 5.75 Å². The SMILES string of the molecule is CC(C)(C)C(=O)OC1(Cc2ccccc2OS(=O)(=O)C(F)(F)F)CCNCC1. The molecule has 10 heteroatoms. The van der Waals surface area contributed by atoms with Crippen molar-refractivity contribution in [3.8, 4) is 5.75 Å². The third-order valence-electron chi connectivity index (χ3n) is 4.40. The zero-order valence-electron chi connectivity index (χ0n) is 15.9. The smallest absolute Gasteiger partial charge is 0.458 e. The summed E-state index contributed by atoms with van der Waals surface area (Å²) >= 11 is 0. The maximum atomic E-state index is 12.7. The van der Waals surface area contributed by atoms with Gasteiger partial charge in [-0.25, -0.2) is 0 Å². The summed E-state index contributed by atoms with van der Waals surface area (Å²) < 4.78 is 71.1. The van der Waals surface area contributed by atoms with Gasteiger partial charge in [-0.05, 0) is 45.5 Å². The molecular formula is C18H24F3NO5S. The van der Waals surface area contributed by atoms with Crippen LogP contribution < -0.4 is 9.50 Å². The number of alkyl halides is 3. The fourth-order valence-electron chi connectivity index (χ4n) is 2.79. The number of hydrogen-bond acceptors (Lipinski definition) is 6. The number of carbonyl (C=O) groups is 1. The Labute approximate surface area is 162 Å². The minimum atomic E-state index is -5.80. The third-order valence-corrected chi connectivity index (χ3v) is 5.37. The second kappa shape index (κ2) is 7.90. The van der Waals surface area contributed by atoms with Crippen molar-refractivity contribution >= 4 is 16.1 Å². The normalized spacial score (nSPS) is 17.8. The zero-order valence-corrected chi connectivity index (χ0v) is 16.7. The number of hydrogen-bond donors (Lipinski definition) is 1. The molecule has 1 aliphatic heterocycles. The first-order valence-electron chi connectivity index (χ1n) is 8.79. The first-order valence-corrected chi connectivity index (χ1v) is 10.2. The van der Waals surface area contributed by atoms with Crippen LogP contribution in [0.4, 0.5) is 13.2 Å². The summed E-state index contributed by atoms with van der Waals surface area (Å²) in [4.78, 5) is 12.5. The lowest BCUT2D eigenvalue weighted by Crippen LogP contribution is -2.48. The molecule has 28 heavy (non-hydrogen) atoms. The van der Waals surface area contributed by atoms with E-state index in [2.05, 4.69) is 9.50 Å². The summed E-state index contributed by atoms with van der Waals surface area (Å²) in [5.41, 5.74) is -7.03. The van der Waals surface area contributed by atoms with Gasteiger partial charge in [-0.3, -0.25) is 4.79 Å². The second-order valence-electron chi connectivity index (χ2n) is 7.84. The van der Waals surface area contributed by atoms with E-state index in [1.54, 1.807) is 26.8 Å². The molecule has 1 N–H and O–H groups in total. The molecule has 1 fully saturated rings. The number of piperidine rings is 1. The highest BCUT2D eigenvalue weighted by molar-refractivity contribution is 7.88. The fourth-order valence-corrected chi connectivity index (χ4v) is 3.28. The van der Waals surface area contributed by atoms with Crippen molar-refractivity contribution in [1.82, 2.24) is 5.32 Å². The Kier molecular flexibility index (Phi) is 6.34. The van der Waals surface area contributed by atoms with E-state index in [1.165, 1.54) is 12.1 Å². The van der Waals surface area contributed by atoms with E-state index in [1.807, 2.05) is 0 Å². The second-order valence-corrected chi connectivity index (χ2v) is 9.38. The van der Waals surface area contributed by atoms with E-state index in [4.69, 9.17) is 4.74 Å². The van der Waals surface area contributed by atoms with E-state index >= 15 is 0 Å². The molecule has 6 nitrogen and oxygen atoms in total. The summed E-state index contributed by atoms with van der Waals surface area (Å²) in [5, 5.41) is 3.14. The Bertz CT molecular complexity index is 809. The van der Waals surface area contributed by atoms with Gasteiger partial charge in [0.25, 0.3) is 0 Å². The van der Waals surface area contributed by atoms with Gasteiger partial charge in [0.1, 0.15) is 11.4 Å². The zero-order chi connectivity index (χ0) is 21.2. The van der Waals surface area contributed by atoms with E-state index in [0.717, 1.165) is 6.07 Å². The van der Waals surface area contributed by atoms with Gasteiger partial charge in [-0.15, -0.1) is 0 Å². The van der Waals surface area contributed by atoms with Crippen LogP contribution in [0.1, 0.15) is 39.2 Å². The molecule has 0 aromatic heterocycles. The third kappa shape index (κ3) is 5.38. The van der Waals surface area contributed by atoms with Gasteiger partial charge < -0.3 is 14.2 Å². The van der Waals surface area contributed by atoms with Gasteiger partial charge in [-0.1, -0.05) is 18.2 Å². The summed E-state index contributed by atoms with van der Waals surface area (Å²) in [6.07, 6.45) is 0.921. The van der Waals surface area contributed by atoms with E-state index < -0.39 is 38.4 Å². The van der Waals surface area contributed by atoms with E-state index in [-0.39, 0.29) is 12.0 Å². The van der Waals surface area contributed by atoms with Crippen LogP contribution >= 0.6 is 0 Å². The molecule has 158 valence electrons. The van der Waals surface area contributed by atoms with Crippen LogP contribution in [0.2, 0.25) is 0 Å². The monoisotopic (exact) mass is 423 g/mol. The molecule has 0 radical (unpaired) electrons. The summed E-state index contributed by atoms with van der Waals surface area (Å²) in [5.74, 6) is -0.861. The van der Waals surface area contributed by atoms with Crippen molar-refractivity contribution in [2.24, 2.45) is 5.41 Å². The predicted molar refractivity (Wildman–Crippen MR) is 96.1 cm³/mol. The van der Waals surface area contributed by atoms with Gasteiger partial charge in [0.05, 0.1) is 5.41 Å². The molecule has 1 heterocycles. The average Bonchev–Trinajstić information content (AvgIpc) is 2.55. The van der Waals surface area contributed by atoms with Gasteiger partial charge in [0.2, 0.25) is 0 Å². The molecule has 2 rings (SSSR count). The van der Waals surface area contributed by atoms with Crippen LogP contribution in [0.3, 0.4) is 0 Å². The van der Waals surface area contributed by atoms with Gasteiger partial charge in [0, 0.05) is 19.3 Å². The van der Waals surface area contributed by atoms with E-state index in [9.17, 15) is 26.4 Å². The van der Waals surface area contributed by atoms with Crippen LogP contribution in [-0.2, 0) is 26.1 Å². The molecule has 0 unspecified atom stereocenters. The number of benzene rings is 1. The highest BCUT2D eigenvalue weighted by Crippen LogP contribution is 2.35. The van der Waals surface area contributed by atoms with Crippen LogP contribution in [-0.4, -0.2) is 38.6 Å². The Morgan fingerprint density at radius 3 is 2.25 bits per heavy atom. The molecule has 0 aliphatic carbocycles. The number of rotatable bonds is 5. The Balaban J connectivity index is 2.34. The Morgan fingerprint density at radius 1 is 1.14 bits per heavy atom. The topological polar surface area (TPSA) is 81.7 Å². The molecule has 0 saturated carbocycles. The van der Waals surface area contributed by atoms with Crippen molar-refractivity contribution in [2.45, 2.75) is 51.1 Å². The molecule has 1 saturated heterocycles. The van der Waals surface area contributed by atoms with Crippen LogP contribution in [0, 0.1) is 5.41 Å². The number of ether oxygens (including phenoxy) is 1. The first-order chi connectivity index (χ1) is 12.8. The maximum Gasteiger partial charge on any atom is 0.534 e. The molecular weight excluding hydrogens is 399 g/mol. The minimum absolute atomic E-state index is 0.0417. The molecule has 0 amide bonds. The predicted octanol–water partition coefficient (Wildman–Crippen LogP) is 3.17. The largest absolute Gasteiger partial charge is 0.534 e. The highest BCUT2D eigenvalue weighted by Gasteiger charge is 2.49. The minimum Gasteiger partial charge on any atom is -0.458 e. The quantitative estimate of drug-likeness (QED) is 0.445. The summed E-state index contributed by atoms with van der Waals surface area (Å²) in [6.45, 7) is 6.23. The summed E-state index contributed by atoms with van der Waals surface area (Å²) in [6, 6.07) is 5.55. The number of nitrogens with one attached hydrogen (secondary N) is 1. The molecule has 0 spiro atoms. The van der Waals surface area contributed by atoms with Crippen molar-refractivity contribution in [3.05, 3.63) is 29.8 Å².